The van der Waals surface area contributed by atoms with E-state index >= 15 is 4.39 Å². The molecule has 1 saturated carbocycles. The fraction of sp³-hybridized carbons (Fsp3) is 0.320. The molecule has 166 valence electrons. The van der Waals surface area contributed by atoms with Crippen LogP contribution in [0.3, 0.4) is 0 Å². The number of H-pyrrole nitrogens is 1. The van der Waals surface area contributed by atoms with Gasteiger partial charge in [0.25, 0.3) is 0 Å². The second-order valence-electron chi connectivity index (χ2n) is 8.36. The number of methoxy groups -OCH3 is 1. The van der Waals surface area contributed by atoms with Crippen molar-refractivity contribution in [2.24, 2.45) is 5.92 Å². The second kappa shape index (κ2) is 8.31. The van der Waals surface area contributed by atoms with Gasteiger partial charge in [0.15, 0.2) is 23.1 Å². The van der Waals surface area contributed by atoms with E-state index in [1.54, 1.807) is 31.5 Å². The van der Waals surface area contributed by atoms with Gasteiger partial charge < -0.3 is 24.5 Å². The highest BCUT2D eigenvalue weighted by atomic mass is 19.1. The molecule has 32 heavy (non-hydrogen) atoms. The van der Waals surface area contributed by atoms with Crippen molar-refractivity contribution < 1.29 is 18.6 Å². The van der Waals surface area contributed by atoms with E-state index in [2.05, 4.69) is 15.3 Å². The molecule has 7 heteroatoms. The minimum atomic E-state index is -0.399. The maximum absolute atomic E-state index is 15.0. The van der Waals surface area contributed by atoms with Crippen LogP contribution in [0.15, 0.2) is 42.6 Å². The minimum absolute atomic E-state index is 0.160. The van der Waals surface area contributed by atoms with Crippen LogP contribution in [0.25, 0.3) is 21.8 Å². The number of hydrogen-bond donors (Lipinski definition) is 2. The molecule has 5 rings (SSSR count). The summed E-state index contributed by atoms with van der Waals surface area (Å²) >= 11 is 0. The standard InChI is InChI=1S/C25H26FN3O3/c1-14-8-18-19(29-14)4-5-22(25(18)26)32-21-6-7-28-20-12-24(23(30-3)11-17(20)21)31-13-15-9-16(10-15)27-2/h4-8,11-12,15-16,27,29H,9-10,13H2,1-3H3. The van der Waals surface area contributed by atoms with Gasteiger partial charge in [-0.05, 0) is 63.1 Å². The Hall–Kier alpha value is -3.32. The van der Waals surface area contributed by atoms with Gasteiger partial charge in [-0.25, -0.2) is 4.39 Å². The Balaban J connectivity index is 1.43. The third-order valence-corrected chi connectivity index (χ3v) is 6.16. The number of aromatic nitrogens is 2. The second-order valence-corrected chi connectivity index (χ2v) is 8.36. The quantitative estimate of drug-likeness (QED) is 0.410. The predicted molar refractivity (Wildman–Crippen MR) is 122 cm³/mol. The number of fused-ring (bicyclic) bond motifs is 2. The molecule has 0 amide bonds. The average Bonchev–Trinajstić information content (AvgIpc) is 3.15. The molecular weight excluding hydrogens is 409 g/mol. The van der Waals surface area contributed by atoms with Crippen molar-refractivity contribution >= 4 is 21.8 Å². The molecule has 4 aromatic rings. The zero-order chi connectivity index (χ0) is 22.2. The van der Waals surface area contributed by atoms with Gasteiger partial charge in [0.05, 0.1) is 19.2 Å². The SMILES string of the molecule is CNC1CC(COc2cc3nccc(Oc4ccc5[nH]c(C)cc5c4F)c3cc2OC)C1. The first-order valence-electron chi connectivity index (χ1n) is 10.8. The Labute approximate surface area is 185 Å². The van der Waals surface area contributed by atoms with Gasteiger partial charge in [-0.2, -0.15) is 0 Å². The molecule has 2 aromatic carbocycles. The Morgan fingerprint density at radius 2 is 1.91 bits per heavy atom. The summed E-state index contributed by atoms with van der Waals surface area (Å²) in [5.41, 5.74) is 2.33. The van der Waals surface area contributed by atoms with Crippen LogP contribution in [-0.4, -0.2) is 36.8 Å². The first kappa shape index (κ1) is 20.6. The molecule has 0 aliphatic heterocycles. The predicted octanol–water partition coefficient (Wildman–Crippen LogP) is 5.34. The van der Waals surface area contributed by atoms with Crippen LogP contribution in [0, 0.1) is 18.7 Å². The van der Waals surface area contributed by atoms with Crippen molar-refractivity contribution in [1.82, 2.24) is 15.3 Å². The maximum atomic E-state index is 15.0. The number of nitrogens with one attached hydrogen (secondary N) is 2. The van der Waals surface area contributed by atoms with Crippen molar-refractivity contribution in [2.75, 3.05) is 20.8 Å². The minimum Gasteiger partial charge on any atom is -0.493 e. The average molecular weight is 435 g/mol. The molecule has 1 fully saturated rings. The Morgan fingerprint density at radius 1 is 1.06 bits per heavy atom. The molecule has 2 aromatic heterocycles. The first-order chi connectivity index (χ1) is 15.6. The van der Waals surface area contributed by atoms with E-state index in [1.807, 2.05) is 32.2 Å². The van der Waals surface area contributed by atoms with Gasteiger partial charge >= 0.3 is 0 Å². The molecule has 6 nitrogen and oxygen atoms in total. The number of aryl methyl sites for hydroxylation is 1. The van der Waals surface area contributed by atoms with Crippen molar-refractivity contribution in [3.05, 3.63) is 54.1 Å². The molecule has 2 heterocycles. The van der Waals surface area contributed by atoms with Crippen LogP contribution in [0.5, 0.6) is 23.0 Å². The van der Waals surface area contributed by atoms with Crippen LogP contribution in [0.1, 0.15) is 18.5 Å². The van der Waals surface area contributed by atoms with Gasteiger partial charge in [0, 0.05) is 40.3 Å². The fourth-order valence-electron chi connectivity index (χ4n) is 4.29. The number of ether oxygens (including phenoxy) is 3. The third-order valence-electron chi connectivity index (χ3n) is 6.16. The third kappa shape index (κ3) is 3.73. The lowest BCUT2D eigenvalue weighted by molar-refractivity contribution is 0.142. The first-order valence-corrected chi connectivity index (χ1v) is 10.8. The number of rotatable bonds is 7. The zero-order valence-corrected chi connectivity index (χ0v) is 18.4. The number of pyridine rings is 1. The van der Waals surface area contributed by atoms with Crippen LogP contribution < -0.4 is 19.5 Å². The van der Waals surface area contributed by atoms with E-state index in [9.17, 15) is 0 Å². The van der Waals surface area contributed by atoms with Crippen molar-refractivity contribution in [1.29, 1.82) is 0 Å². The zero-order valence-electron chi connectivity index (χ0n) is 18.4. The van der Waals surface area contributed by atoms with E-state index < -0.39 is 5.82 Å². The normalized spacial score (nSPS) is 18.0. The van der Waals surface area contributed by atoms with Gasteiger partial charge in [0.1, 0.15) is 5.75 Å². The highest BCUT2D eigenvalue weighted by molar-refractivity contribution is 5.89. The Kier molecular flexibility index (Phi) is 5.35. The number of aromatic amines is 1. The Morgan fingerprint density at radius 3 is 2.69 bits per heavy atom. The highest BCUT2D eigenvalue weighted by Crippen LogP contribution is 2.39. The summed E-state index contributed by atoms with van der Waals surface area (Å²) in [6.07, 6.45) is 3.87. The molecule has 0 bridgehead atoms. The molecule has 1 aliphatic carbocycles. The molecule has 1 aliphatic rings. The summed E-state index contributed by atoms with van der Waals surface area (Å²) in [6.45, 7) is 2.53. The number of nitrogens with zero attached hydrogens (tertiary/aromatic N) is 1. The van der Waals surface area contributed by atoms with Gasteiger partial charge in [-0.1, -0.05) is 0 Å². The van der Waals surface area contributed by atoms with Crippen LogP contribution in [-0.2, 0) is 0 Å². The van der Waals surface area contributed by atoms with Crippen LogP contribution >= 0.6 is 0 Å². The molecule has 0 radical (unpaired) electrons. The van der Waals surface area contributed by atoms with E-state index in [0.29, 0.717) is 46.7 Å². The van der Waals surface area contributed by atoms with E-state index in [1.165, 1.54) is 0 Å². The molecule has 0 atom stereocenters. The largest absolute Gasteiger partial charge is 0.493 e. The van der Waals surface area contributed by atoms with Crippen molar-refractivity contribution in [2.45, 2.75) is 25.8 Å². The summed E-state index contributed by atoms with van der Waals surface area (Å²) in [7, 11) is 3.59. The topological polar surface area (TPSA) is 68.4 Å². The molecular formula is C25H26FN3O3. The van der Waals surface area contributed by atoms with Crippen LogP contribution in [0.2, 0.25) is 0 Å². The molecule has 2 N–H and O–H groups in total. The monoisotopic (exact) mass is 435 g/mol. The fourth-order valence-corrected chi connectivity index (χ4v) is 4.29. The molecule has 0 unspecified atom stereocenters. The molecule has 0 spiro atoms. The van der Waals surface area contributed by atoms with Gasteiger partial charge in [0.2, 0.25) is 0 Å². The summed E-state index contributed by atoms with van der Waals surface area (Å²) < 4.78 is 32.7. The van der Waals surface area contributed by atoms with Gasteiger partial charge in [-0.3, -0.25) is 4.98 Å². The van der Waals surface area contributed by atoms with Crippen LogP contribution in [0.4, 0.5) is 4.39 Å². The van der Waals surface area contributed by atoms with Gasteiger partial charge in [-0.15, -0.1) is 0 Å². The van der Waals surface area contributed by atoms with Crippen molar-refractivity contribution in [3.63, 3.8) is 0 Å². The summed E-state index contributed by atoms with van der Waals surface area (Å²) in [4.78, 5) is 7.59. The number of benzene rings is 2. The van der Waals surface area contributed by atoms with E-state index in [0.717, 1.165) is 29.4 Å². The summed E-state index contributed by atoms with van der Waals surface area (Å²) in [5, 5.41) is 4.51. The molecule has 0 saturated heterocycles. The lowest BCUT2D eigenvalue weighted by Gasteiger charge is -2.34. The van der Waals surface area contributed by atoms with Crippen molar-refractivity contribution in [3.8, 4) is 23.0 Å². The maximum Gasteiger partial charge on any atom is 0.175 e. The lowest BCUT2D eigenvalue weighted by atomic mass is 9.81. The Bertz CT molecular complexity index is 1280. The highest BCUT2D eigenvalue weighted by Gasteiger charge is 2.28. The summed E-state index contributed by atoms with van der Waals surface area (Å²) in [6, 6.07) is 11.2. The number of hydrogen-bond acceptors (Lipinski definition) is 5. The van der Waals surface area contributed by atoms with E-state index in [4.69, 9.17) is 14.2 Å². The number of halogens is 1. The smallest absolute Gasteiger partial charge is 0.175 e. The van der Waals surface area contributed by atoms with E-state index in [-0.39, 0.29) is 5.75 Å². The summed E-state index contributed by atoms with van der Waals surface area (Å²) in [5.74, 6) is 2.04. The lowest BCUT2D eigenvalue weighted by Crippen LogP contribution is -2.41.